The van der Waals surface area contributed by atoms with Gasteiger partial charge < -0.3 is 14.6 Å². The first-order valence-electron chi connectivity index (χ1n) is 8.98. The maximum atomic E-state index is 12.4. The molecule has 0 unspecified atom stereocenters. The molecule has 1 aromatic heterocycles. The topological polar surface area (TPSA) is 99.9 Å². The second-order valence-electron chi connectivity index (χ2n) is 6.85. The van der Waals surface area contributed by atoms with Gasteiger partial charge in [-0.2, -0.15) is 0 Å². The molecule has 2 aliphatic rings. The quantitative estimate of drug-likeness (QED) is 0.767. The molecule has 8 nitrogen and oxygen atoms in total. The standard InChI is InChI=1S/C17H25N3O5S/c21-16(18-5-7-19-8-11-26(23,24)12-9-19)14-3-1-6-20(13-14)17(22)15-4-2-10-25-15/h2,4,10,14H,1,3,5-9,11-13H2,(H,18,21)/t14-/m0/s1. The minimum Gasteiger partial charge on any atom is -0.459 e. The van der Waals surface area contributed by atoms with E-state index in [1.807, 2.05) is 0 Å². The van der Waals surface area contributed by atoms with E-state index in [1.165, 1.54) is 6.26 Å². The zero-order valence-electron chi connectivity index (χ0n) is 14.7. The Hall–Kier alpha value is -1.87. The summed E-state index contributed by atoms with van der Waals surface area (Å²) in [4.78, 5) is 28.5. The van der Waals surface area contributed by atoms with Gasteiger partial charge in [-0.1, -0.05) is 0 Å². The summed E-state index contributed by atoms with van der Waals surface area (Å²) < 4.78 is 28.0. The smallest absolute Gasteiger partial charge is 0.289 e. The van der Waals surface area contributed by atoms with Crippen LogP contribution in [0.1, 0.15) is 23.4 Å². The first-order valence-corrected chi connectivity index (χ1v) is 10.8. The molecule has 0 spiro atoms. The van der Waals surface area contributed by atoms with Crippen LogP contribution in [0.5, 0.6) is 0 Å². The molecule has 0 saturated carbocycles. The molecule has 144 valence electrons. The maximum Gasteiger partial charge on any atom is 0.289 e. The summed E-state index contributed by atoms with van der Waals surface area (Å²) in [6.45, 7) is 3.20. The molecule has 1 aromatic rings. The van der Waals surface area contributed by atoms with Gasteiger partial charge in [0, 0.05) is 39.3 Å². The monoisotopic (exact) mass is 383 g/mol. The highest BCUT2D eigenvalue weighted by atomic mass is 32.2. The second-order valence-corrected chi connectivity index (χ2v) is 9.16. The fourth-order valence-corrected chi connectivity index (χ4v) is 4.66. The Bertz CT molecular complexity index is 718. The summed E-state index contributed by atoms with van der Waals surface area (Å²) in [7, 11) is -2.88. The number of amides is 2. The van der Waals surface area contributed by atoms with E-state index >= 15 is 0 Å². The van der Waals surface area contributed by atoms with Crippen LogP contribution in [0, 0.1) is 5.92 Å². The van der Waals surface area contributed by atoms with E-state index in [0.29, 0.717) is 45.0 Å². The van der Waals surface area contributed by atoms with Gasteiger partial charge in [-0.15, -0.1) is 0 Å². The predicted molar refractivity (Wildman–Crippen MR) is 95.4 cm³/mol. The summed E-state index contributed by atoms with van der Waals surface area (Å²) in [6.07, 6.45) is 3.01. The first kappa shape index (κ1) is 18.9. The molecular weight excluding hydrogens is 358 g/mol. The average Bonchev–Trinajstić information content (AvgIpc) is 3.17. The zero-order valence-corrected chi connectivity index (χ0v) is 15.5. The van der Waals surface area contributed by atoms with E-state index in [-0.39, 0.29) is 29.2 Å². The summed E-state index contributed by atoms with van der Waals surface area (Å²) in [5.74, 6) is 0.227. The molecule has 2 aliphatic heterocycles. The van der Waals surface area contributed by atoms with Crippen molar-refractivity contribution in [3.8, 4) is 0 Å². The van der Waals surface area contributed by atoms with Gasteiger partial charge in [0.1, 0.15) is 0 Å². The summed E-state index contributed by atoms with van der Waals surface area (Å²) in [5.41, 5.74) is 0. The second kappa shape index (κ2) is 8.22. The molecule has 2 fully saturated rings. The van der Waals surface area contributed by atoms with E-state index in [2.05, 4.69) is 10.2 Å². The highest BCUT2D eigenvalue weighted by Crippen LogP contribution is 2.19. The third kappa shape index (κ3) is 4.85. The number of carbonyl (C=O) groups is 2. The Morgan fingerprint density at radius 2 is 2.00 bits per heavy atom. The molecule has 0 bridgehead atoms. The van der Waals surface area contributed by atoms with Gasteiger partial charge >= 0.3 is 0 Å². The van der Waals surface area contributed by atoms with E-state index in [4.69, 9.17) is 4.42 Å². The number of rotatable bonds is 5. The fourth-order valence-electron chi connectivity index (χ4n) is 3.39. The lowest BCUT2D eigenvalue weighted by Crippen LogP contribution is -2.47. The largest absolute Gasteiger partial charge is 0.459 e. The van der Waals surface area contributed by atoms with E-state index in [1.54, 1.807) is 17.0 Å². The highest BCUT2D eigenvalue weighted by molar-refractivity contribution is 7.91. The molecule has 2 saturated heterocycles. The van der Waals surface area contributed by atoms with Crippen LogP contribution in [0.15, 0.2) is 22.8 Å². The van der Waals surface area contributed by atoms with Gasteiger partial charge in [0.25, 0.3) is 5.91 Å². The molecule has 26 heavy (non-hydrogen) atoms. The third-order valence-corrected chi connectivity index (χ3v) is 6.58. The van der Waals surface area contributed by atoms with Crippen LogP contribution in [0.4, 0.5) is 0 Å². The van der Waals surface area contributed by atoms with E-state index in [0.717, 1.165) is 12.8 Å². The van der Waals surface area contributed by atoms with Crippen molar-refractivity contribution >= 4 is 21.7 Å². The van der Waals surface area contributed by atoms with Crippen LogP contribution in [0.2, 0.25) is 0 Å². The predicted octanol–water partition coefficient (Wildman–Crippen LogP) is -0.0216. The minimum absolute atomic E-state index is 0.0495. The molecule has 1 atom stereocenters. The van der Waals surface area contributed by atoms with Gasteiger partial charge in [0.15, 0.2) is 15.6 Å². The van der Waals surface area contributed by atoms with Crippen molar-refractivity contribution in [2.45, 2.75) is 12.8 Å². The molecule has 9 heteroatoms. The van der Waals surface area contributed by atoms with Gasteiger partial charge in [0.05, 0.1) is 23.7 Å². The van der Waals surface area contributed by atoms with Gasteiger partial charge in [0.2, 0.25) is 5.91 Å². The van der Waals surface area contributed by atoms with Crippen molar-refractivity contribution in [3.05, 3.63) is 24.2 Å². The maximum absolute atomic E-state index is 12.4. The van der Waals surface area contributed by atoms with Crippen LogP contribution in [-0.2, 0) is 14.6 Å². The van der Waals surface area contributed by atoms with E-state index < -0.39 is 9.84 Å². The number of carbonyl (C=O) groups excluding carboxylic acids is 2. The number of furan rings is 1. The van der Waals surface area contributed by atoms with Crippen LogP contribution in [-0.4, -0.2) is 80.8 Å². The normalized spacial score (nSPS) is 23.5. The lowest BCUT2D eigenvalue weighted by molar-refractivity contribution is -0.126. The van der Waals surface area contributed by atoms with Crippen LogP contribution >= 0.6 is 0 Å². The van der Waals surface area contributed by atoms with Crippen LogP contribution in [0.3, 0.4) is 0 Å². The average molecular weight is 383 g/mol. The molecule has 3 heterocycles. The Labute approximate surface area is 153 Å². The summed E-state index contributed by atoms with van der Waals surface area (Å²) in [5, 5.41) is 2.92. The fraction of sp³-hybridized carbons (Fsp3) is 0.647. The molecule has 0 radical (unpaired) electrons. The van der Waals surface area contributed by atoms with Crippen LogP contribution < -0.4 is 5.32 Å². The summed E-state index contributed by atoms with van der Waals surface area (Å²) in [6, 6.07) is 3.30. The zero-order chi connectivity index (χ0) is 18.6. The van der Waals surface area contributed by atoms with Crippen LogP contribution in [0.25, 0.3) is 0 Å². The SMILES string of the molecule is O=C(NCCN1CCS(=O)(=O)CC1)[C@H]1CCCN(C(=O)c2ccco2)C1. The van der Waals surface area contributed by atoms with Crippen molar-refractivity contribution in [3.63, 3.8) is 0 Å². The Morgan fingerprint density at radius 3 is 2.69 bits per heavy atom. The van der Waals surface area contributed by atoms with Crippen molar-refractivity contribution in [1.82, 2.24) is 15.1 Å². The van der Waals surface area contributed by atoms with Gasteiger partial charge in [-0.25, -0.2) is 8.42 Å². The molecule has 1 N–H and O–H groups in total. The summed E-state index contributed by atoms with van der Waals surface area (Å²) >= 11 is 0. The Balaban J connectivity index is 1.42. The molecule has 0 aromatic carbocycles. The molecular formula is C17H25N3O5S. The number of nitrogens with zero attached hydrogens (tertiary/aromatic N) is 2. The number of likely N-dealkylation sites (tertiary alicyclic amines) is 1. The molecule has 0 aliphatic carbocycles. The van der Waals surface area contributed by atoms with Gasteiger partial charge in [-0.3, -0.25) is 14.5 Å². The Morgan fingerprint density at radius 1 is 1.23 bits per heavy atom. The third-order valence-electron chi connectivity index (χ3n) is 4.98. The van der Waals surface area contributed by atoms with Crippen molar-refractivity contribution in [1.29, 1.82) is 0 Å². The van der Waals surface area contributed by atoms with Crippen molar-refractivity contribution in [2.24, 2.45) is 5.92 Å². The lowest BCUT2D eigenvalue weighted by Gasteiger charge is -2.32. The highest BCUT2D eigenvalue weighted by Gasteiger charge is 2.30. The number of hydrogen-bond acceptors (Lipinski definition) is 6. The number of nitrogens with one attached hydrogen (secondary N) is 1. The molecule has 3 rings (SSSR count). The Kier molecular flexibility index (Phi) is 5.98. The van der Waals surface area contributed by atoms with E-state index in [9.17, 15) is 18.0 Å². The van der Waals surface area contributed by atoms with Crippen molar-refractivity contribution in [2.75, 3.05) is 50.8 Å². The van der Waals surface area contributed by atoms with Crippen molar-refractivity contribution < 1.29 is 22.4 Å². The molecule has 2 amide bonds. The number of piperidine rings is 1. The lowest BCUT2D eigenvalue weighted by atomic mass is 9.97. The first-order chi connectivity index (χ1) is 12.4. The number of sulfone groups is 1. The minimum atomic E-state index is -2.88. The number of hydrogen-bond donors (Lipinski definition) is 1. The van der Waals surface area contributed by atoms with Gasteiger partial charge in [-0.05, 0) is 25.0 Å².